The monoisotopic (exact) mass is 276 g/mol. The zero-order chi connectivity index (χ0) is 13.5. The summed E-state index contributed by atoms with van der Waals surface area (Å²) in [6.07, 6.45) is 1.51. The van der Waals surface area contributed by atoms with Crippen LogP contribution in [0.4, 0.5) is 0 Å². The van der Waals surface area contributed by atoms with Crippen LogP contribution in [0.25, 0.3) is 0 Å². The molecule has 0 saturated heterocycles. The standard InChI is InChI=1S/C11H21ClN4O2/c1-4-18-8(2)10(15-13)11-9(12)7-14-16(11)5-6-17-3/h7-8,10,15H,4-6,13H2,1-3H3. The summed E-state index contributed by atoms with van der Waals surface area (Å²) in [4.78, 5) is 0. The lowest BCUT2D eigenvalue weighted by atomic mass is 10.1. The Kier molecular flexibility index (Phi) is 6.59. The third kappa shape index (κ3) is 3.66. The molecule has 104 valence electrons. The molecule has 1 aromatic heterocycles. The van der Waals surface area contributed by atoms with Crippen LogP contribution in [-0.2, 0) is 16.0 Å². The minimum Gasteiger partial charge on any atom is -0.383 e. The van der Waals surface area contributed by atoms with Gasteiger partial charge in [0, 0.05) is 13.7 Å². The van der Waals surface area contributed by atoms with Gasteiger partial charge in [0.15, 0.2) is 0 Å². The second-order valence-corrected chi connectivity index (χ2v) is 4.31. The van der Waals surface area contributed by atoms with Gasteiger partial charge in [-0.15, -0.1) is 0 Å². The molecule has 7 heteroatoms. The fraction of sp³-hybridized carbons (Fsp3) is 0.727. The van der Waals surface area contributed by atoms with Gasteiger partial charge in [0.05, 0.1) is 42.2 Å². The van der Waals surface area contributed by atoms with Gasteiger partial charge in [-0.3, -0.25) is 10.5 Å². The minimum absolute atomic E-state index is 0.101. The van der Waals surface area contributed by atoms with Crippen molar-refractivity contribution in [3.63, 3.8) is 0 Å². The van der Waals surface area contributed by atoms with Crippen molar-refractivity contribution < 1.29 is 9.47 Å². The number of ether oxygens (including phenoxy) is 2. The average molecular weight is 277 g/mol. The van der Waals surface area contributed by atoms with E-state index in [9.17, 15) is 0 Å². The lowest BCUT2D eigenvalue weighted by Crippen LogP contribution is -2.38. The van der Waals surface area contributed by atoms with Gasteiger partial charge >= 0.3 is 0 Å². The van der Waals surface area contributed by atoms with E-state index < -0.39 is 0 Å². The highest BCUT2D eigenvalue weighted by atomic mass is 35.5. The summed E-state index contributed by atoms with van der Waals surface area (Å²) < 4.78 is 12.4. The Labute approximate surface area is 112 Å². The molecule has 0 radical (unpaired) electrons. The Hall–Kier alpha value is -0.660. The van der Waals surface area contributed by atoms with Gasteiger partial charge in [-0.05, 0) is 13.8 Å². The van der Waals surface area contributed by atoms with E-state index >= 15 is 0 Å². The lowest BCUT2D eigenvalue weighted by Gasteiger charge is -2.24. The van der Waals surface area contributed by atoms with E-state index in [1.54, 1.807) is 18.0 Å². The fourth-order valence-corrected chi connectivity index (χ4v) is 2.09. The number of rotatable bonds is 8. The summed E-state index contributed by atoms with van der Waals surface area (Å²) >= 11 is 6.17. The van der Waals surface area contributed by atoms with Crippen LogP contribution in [-0.4, -0.2) is 36.2 Å². The quantitative estimate of drug-likeness (QED) is 0.550. The number of nitrogens with two attached hydrogens (primary N) is 1. The third-order valence-electron chi connectivity index (χ3n) is 2.71. The molecule has 0 aliphatic rings. The lowest BCUT2D eigenvalue weighted by molar-refractivity contribution is 0.0444. The van der Waals surface area contributed by atoms with E-state index in [2.05, 4.69) is 10.5 Å². The van der Waals surface area contributed by atoms with Crippen molar-refractivity contribution in [3.05, 3.63) is 16.9 Å². The van der Waals surface area contributed by atoms with Gasteiger partial charge in [0.2, 0.25) is 0 Å². The predicted octanol–water partition coefficient (Wildman–Crippen LogP) is 1.11. The minimum atomic E-state index is -0.211. The van der Waals surface area contributed by atoms with E-state index in [0.717, 1.165) is 5.69 Å². The Morgan fingerprint density at radius 1 is 1.61 bits per heavy atom. The van der Waals surface area contributed by atoms with E-state index in [-0.39, 0.29) is 12.1 Å². The number of nitrogens with one attached hydrogen (secondary N) is 1. The largest absolute Gasteiger partial charge is 0.383 e. The van der Waals surface area contributed by atoms with Crippen LogP contribution in [0, 0.1) is 0 Å². The van der Waals surface area contributed by atoms with Crippen molar-refractivity contribution in [2.45, 2.75) is 32.5 Å². The second kappa shape index (κ2) is 7.70. The summed E-state index contributed by atoms with van der Waals surface area (Å²) in [5.74, 6) is 5.60. The molecule has 0 aliphatic heterocycles. The predicted molar refractivity (Wildman–Crippen MR) is 70.3 cm³/mol. The third-order valence-corrected chi connectivity index (χ3v) is 3.00. The molecule has 1 aromatic rings. The number of aromatic nitrogens is 2. The Morgan fingerprint density at radius 2 is 2.33 bits per heavy atom. The molecule has 0 saturated carbocycles. The molecule has 0 aliphatic carbocycles. The summed E-state index contributed by atoms with van der Waals surface area (Å²) in [5, 5.41) is 4.79. The molecule has 3 N–H and O–H groups in total. The summed E-state index contributed by atoms with van der Waals surface area (Å²) in [6.45, 7) is 5.68. The number of methoxy groups -OCH3 is 1. The summed E-state index contributed by atoms with van der Waals surface area (Å²) in [7, 11) is 1.65. The van der Waals surface area contributed by atoms with Crippen molar-refractivity contribution >= 4 is 11.6 Å². The first-order valence-corrected chi connectivity index (χ1v) is 6.31. The summed E-state index contributed by atoms with van der Waals surface area (Å²) in [6, 6.07) is -0.211. The highest BCUT2D eigenvalue weighted by molar-refractivity contribution is 6.31. The van der Waals surface area contributed by atoms with Gasteiger partial charge in [-0.25, -0.2) is 5.43 Å². The highest BCUT2D eigenvalue weighted by Gasteiger charge is 2.25. The maximum absolute atomic E-state index is 6.17. The first-order chi connectivity index (χ1) is 8.65. The molecule has 1 heterocycles. The zero-order valence-electron chi connectivity index (χ0n) is 11.0. The van der Waals surface area contributed by atoms with Crippen LogP contribution >= 0.6 is 11.6 Å². The van der Waals surface area contributed by atoms with Gasteiger partial charge < -0.3 is 9.47 Å². The van der Waals surface area contributed by atoms with Crippen LogP contribution in [0.15, 0.2) is 6.20 Å². The van der Waals surface area contributed by atoms with Crippen molar-refractivity contribution in [1.29, 1.82) is 0 Å². The molecule has 0 spiro atoms. The highest BCUT2D eigenvalue weighted by Crippen LogP contribution is 2.26. The first-order valence-electron chi connectivity index (χ1n) is 5.93. The Morgan fingerprint density at radius 3 is 2.89 bits per heavy atom. The zero-order valence-corrected chi connectivity index (χ0v) is 11.8. The molecular formula is C11H21ClN4O2. The smallest absolute Gasteiger partial charge is 0.0902 e. The van der Waals surface area contributed by atoms with Crippen LogP contribution in [0.3, 0.4) is 0 Å². The maximum atomic E-state index is 6.17. The first kappa shape index (κ1) is 15.4. The normalized spacial score (nSPS) is 14.7. The molecule has 2 unspecified atom stereocenters. The van der Waals surface area contributed by atoms with Crippen LogP contribution in [0.1, 0.15) is 25.6 Å². The molecule has 0 aromatic carbocycles. The van der Waals surface area contributed by atoms with E-state index in [0.29, 0.717) is 24.8 Å². The number of hydrogen-bond acceptors (Lipinski definition) is 5. The topological polar surface area (TPSA) is 74.3 Å². The van der Waals surface area contributed by atoms with Gasteiger partial charge in [0.25, 0.3) is 0 Å². The Bertz CT molecular complexity index is 359. The molecule has 6 nitrogen and oxygen atoms in total. The average Bonchev–Trinajstić information content (AvgIpc) is 2.70. The van der Waals surface area contributed by atoms with Crippen molar-refractivity contribution in [2.75, 3.05) is 20.3 Å². The summed E-state index contributed by atoms with van der Waals surface area (Å²) in [5.41, 5.74) is 3.55. The van der Waals surface area contributed by atoms with Gasteiger partial charge in [-0.1, -0.05) is 11.6 Å². The number of halogens is 1. The number of hydrogen-bond donors (Lipinski definition) is 2. The van der Waals surface area contributed by atoms with Gasteiger partial charge in [0.1, 0.15) is 0 Å². The number of nitrogens with zero attached hydrogens (tertiary/aromatic N) is 2. The molecular weight excluding hydrogens is 256 g/mol. The van der Waals surface area contributed by atoms with Crippen molar-refractivity contribution in [1.82, 2.24) is 15.2 Å². The molecule has 2 atom stereocenters. The van der Waals surface area contributed by atoms with E-state index in [4.69, 9.17) is 26.9 Å². The van der Waals surface area contributed by atoms with Crippen LogP contribution in [0.2, 0.25) is 5.02 Å². The molecule has 18 heavy (non-hydrogen) atoms. The molecule has 0 bridgehead atoms. The Balaban J connectivity index is 2.92. The molecule has 1 rings (SSSR count). The van der Waals surface area contributed by atoms with E-state index in [1.807, 2.05) is 13.8 Å². The van der Waals surface area contributed by atoms with Crippen molar-refractivity contribution in [2.24, 2.45) is 5.84 Å². The fourth-order valence-electron chi connectivity index (χ4n) is 1.83. The molecule has 0 fully saturated rings. The van der Waals surface area contributed by atoms with Gasteiger partial charge in [-0.2, -0.15) is 5.10 Å². The number of hydrazine groups is 1. The van der Waals surface area contributed by atoms with Crippen molar-refractivity contribution in [3.8, 4) is 0 Å². The van der Waals surface area contributed by atoms with Crippen LogP contribution < -0.4 is 11.3 Å². The second-order valence-electron chi connectivity index (χ2n) is 3.90. The van der Waals surface area contributed by atoms with Crippen LogP contribution in [0.5, 0.6) is 0 Å². The maximum Gasteiger partial charge on any atom is 0.0902 e. The van der Waals surface area contributed by atoms with E-state index in [1.165, 1.54) is 0 Å². The molecule has 0 amide bonds. The SMILES string of the molecule is CCOC(C)C(NN)c1c(Cl)cnn1CCOC.